The molecule has 3 aromatic rings. The Kier molecular flexibility index (Phi) is 5.74. The van der Waals surface area contributed by atoms with Crippen molar-refractivity contribution in [3.05, 3.63) is 75.7 Å². The smallest absolute Gasteiger partial charge is 0.272 e. The fraction of sp³-hybridized carbons (Fsp3) is 0.375. The summed E-state index contributed by atoms with van der Waals surface area (Å²) >= 11 is 0. The molecule has 0 unspecified atom stereocenters. The second-order valence-corrected chi connectivity index (χ2v) is 7.94. The molecule has 1 aliphatic rings. The summed E-state index contributed by atoms with van der Waals surface area (Å²) in [5.74, 6) is -0.00850. The van der Waals surface area contributed by atoms with Gasteiger partial charge in [-0.3, -0.25) is 9.59 Å². The van der Waals surface area contributed by atoms with Crippen molar-refractivity contribution in [2.24, 2.45) is 0 Å². The molecule has 29 heavy (non-hydrogen) atoms. The van der Waals surface area contributed by atoms with E-state index in [9.17, 15) is 9.59 Å². The number of carbonyl (C=O) groups is 1. The van der Waals surface area contributed by atoms with E-state index in [4.69, 9.17) is 0 Å². The predicted molar refractivity (Wildman–Crippen MR) is 115 cm³/mol. The normalized spacial score (nSPS) is 15.2. The molecular formula is C24H27N3O2. The maximum absolute atomic E-state index is 12.6. The number of benzene rings is 2. The van der Waals surface area contributed by atoms with Crippen LogP contribution in [0, 0.1) is 6.92 Å². The Bertz CT molecular complexity index is 1060. The highest BCUT2D eigenvalue weighted by Gasteiger charge is 2.16. The minimum atomic E-state index is -0.0844. The molecule has 0 radical (unpaired) electrons. The van der Waals surface area contributed by atoms with Crippen LogP contribution in [0.5, 0.6) is 0 Å². The average molecular weight is 389 g/mol. The number of carbonyl (C=O) groups excluding carboxylic acids is 1. The monoisotopic (exact) mass is 389 g/mol. The first kappa shape index (κ1) is 19.4. The first-order chi connectivity index (χ1) is 14.1. The minimum Gasteiger partial charge on any atom is -0.349 e. The molecule has 5 heteroatoms. The highest BCUT2D eigenvalue weighted by atomic mass is 16.1. The summed E-state index contributed by atoms with van der Waals surface area (Å²) in [6.07, 6.45) is 7.06. The lowest BCUT2D eigenvalue weighted by Crippen LogP contribution is -2.34. The Hall–Kier alpha value is -2.95. The zero-order valence-corrected chi connectivity index (χ0v) is 16.9. The van der Waals surface area contributed by atoms with Crippen LogP contribution in [0.4, 0.5) is 0 Å². The van der Waals surface area contributed by atoms with Gasteiger partial charge in [-0.1, -0.05) is 49.9 Å². The van der Waals surface area contributed by atoms with E-state index < -0.39 is 0 Å². The SMILES string of the molecule is Cc1nc2ccccc2n(Cc2ccc(C(=O)NC3CCCCCC3)cc2)c1=O. The van der Waals surface area contributed by atoms with Crippen LogP contribution in [0.2, 0.25) is 0 Å². The number of fused-ring (bicyclic) bond motifs is 1. The van der Waals surface area contributed by atoms with Crippen LogP contribution >= 0.6 is 0 Å². The lowest BCUT2D eigenvalue weighted by molar-refractivity contribution is 0.0933. The van der Waals surface area contributed by atoms with Crippen molar-refractivity contribution >= 4 is 16.9 Å². The molecule has 0 bridgehead atoms. The Morgan fingerprint density at radius 2 is 1.72 bits per heavy atom. The highest BCUT2D eigenvalue weighted by Crippen LogP contribution is 2.18. The number of amides is 1. The quantitative estimate of drug-likeness (QED) is 0.680. The van der Waals surface area contributed by atoms with Crippen LogP contribution in [0.25, 0.3) is 11.0 Å². The van der Waals surface area contributed by atoms with Crippen molar-refractivity contribution < 1.29 is 4.79 Å². The zero-order valence-electron chi connectivity index (χ0n) is 16.9. The van der Waals surface area contributed by atoms with Crippen LogP contribution < -0.4 is 10.9 Å². The second-order valence-electron chi connectivity index (χ2n) is 7.94. The lowest BCUT2D eigenvalue weighted by atomic mass is 10.1. The van der Waals surface area contributed by atoms with E-state index in [1.807, 2.05) is 48.5 Å². The van der Waals surface area contributed by atoms with Crippen LogP contribution in [0.15, 0.2) is 53.3 Å². The van der Waals surface area contributed by atoms with Crippen LogP contribution in [0.3, 0.4) is 0 Å². The summed E-state index contributed by atoms with van der Waals surface area (Å²) in [5, 5.41) is 3.18. The van der Waals surface area contributed by atoms with Crippen molar-refractivity contribution in [2.75, 3.05) is 0 Å². The average Bonchev–Trinajstić information content (AvgIpc) is 3.00. The molecule has 0 spiro atoms. The summed E-state index contributed by atoms with van der Waals surface area (Å²) in [7, 11) is 0. The molecule has 1 amide bonds. The fourth-order valence-corrected chi connectivity index (χ4v) is 4.11. The number of nitrogens with zero attached hydrogens (tertiary/aromatic N) is 2. The first-order valence-corrected chi connectivity index (χ1v) is 10.5. The molecule has 1 heterocycles. The van der Waals surface area contributed by atoms with Gasteiger partial charge >= 0.3 is 0 Å². The Labute approximate surface area is 170 Å². The molecule has 1 saturated carbocycles. The summed E-state index contributed by atoms with van der Waals surface area (Å²) in [6, 6.07) is 15.5. The fourth-order valence-electron chi connectivity index (χ4n) is 4.11. The third-order valence-electron chi connectivity index (χ3n) is 5.76. The standard InChI is InChI=1S/C24H27N3O2/c1-17-24(29)27(22-11-7-6-10-21(22)25-17)16-18-12-14-19(15-13-18)23(28)26-20-8-4-2-3-5-9-20/h6-7,10-15,20H,2-5,8-9,16H2,1H3,(H,26,28). The number of aryl methyl sites for hydroxylation is 1. The van der Waals surface area contributed by atoms with Gasteiger partial charge in [0.15, 0.2) is 0 Å². The number of hydrogen-bond acceptors (Lipinski definition) is 3. The summed E-state index contributed by atoms with van der Waals surface area (Å²) in [6.45, 7) is 2.19. The third-order valence-corrected chi connectivity index (χ3v) is 5.76. The number of rotatable bonds is 4. The molecule has 0 saturated heterocycles. The lowest BCUT2D eigenvalue weighted by Gasteiger charge is -2.16. The topological polar surface area (TPSA) is 64.0 Å². The number of aromatic nitrogens is 2. The van der Waals surface area contributed by atoms with Crippen LogP contribution in [0.1, 0.15) is 60.1 Å². The van der Waals surface area contributed by atoms with Gasteiger partial charge in [0.2, 0.25) is 0 Å². The van der Waals surface area contributed by atoms with E-state index in [-0.39, 0.29) is 17.5 Å². The van der Waals surface area contributed by atoms with Crippen molar-refractivity contribution in [2.45, 2.75) is 58.0 Å². The Balaban J connectivity index is 1.52. The van der Waals surface area contributed by atoms with E-state index in [1.165, 1.54) is 25.7 Å². The maximum Gasteiger partial charge on any atom is 0.272 e. The summed E-state index contributed by atoms with van der Waals surface area (Å²) < 4.78 is 1.75. The first-order valence-electron chi connectivity index (χ1n) is 10.5. The van der Waals surface area contributed by atoms with E-state index in [1.54, 1.807) is 11.5 Å². The molecule has 1 fully saturated rings. The molecule has 5 nitrogen and oxygen atoms in total. The number of nitrogens with one attached hydrogen (secondary N) is 1. The zero-order chi connectivity index (χ0) is 20.2. The molecule has 0 atom stereocenters. The van der Waals surface area contributed by atoms with Gasteiger partial charge in [0.05, 0.1) is 17.6 Å². The van der Waals surface area contributed by atoms with Crippen molar-refractivity contribution in [3.8, 4) is 0 Å². The van der Waals surface area contributed by atoms with Crippen LogP contribution in [-0.4, -0.2) is 21.5 Å². The molecule has 1 aromatic heterocycles. The van der Waals surface area contributed by atoms with Gasteiger partial charge in [0.1, 0.15) is 5.69 Å². The summed E-state index contributed by atoms with van der Waals surface area (Å²) in [5.41, 5.74) is 3.68. The maximum atomic E-state index is 12.6. The third kappa shape index (κ3) is 4.39. The molecule has 1 aliphatic carbocycles. The Morgan fingerprint density at radius 1 is 1.03 bits per heavy atom. The minimum absolute atomic E-state index is 0.00850. The van der Waals surface area contributed by atoms with Crippen molar-refractivity contribution in [1.29, 1.82) is 0 Å². The molecule has 150 valence electrons. The number of hydrogen-bond donors (Lipinski definition) is 1. The largest absolute Gasteiger partial charge is 0.349 e. The summed E-state index contributed by atoms with van der Waals surface area (Å²) in [4.78, 5) is 29.6. The number of para-hydroxylation sites is 2. The van der Waals surface area contributed by atoms with Gasteiger partial charge in [0.25, 0.3) is 11.5 Å². The van der Waals surface area contributed by atoms with Gasteiger partial charge in [0, 0.05) is 11.6 Å². The van der Waals surface area contributed by atoms with Gasteiger partial charge in [-0.15, -0.1) is 0 Å². The van der Waals surface area contributed by atoms with Crippen LogP contribution in [-0.2, 0) is 6.54 Å². The molecular weight excluding hydrogens is 362 g/mol. The second kappa shape index (κ2) is 8.60. The van der Waals surface area contributed by atoms with Gasteiger partial charge in [-0.25, -0.2) is 4.98 Å². The molecule has 1 N–H and O–H groups in total. The molecule has 2 aromatic carbocycles. The molecule has 4 rings (SSSR count). The Morgan fingerprint density at radius 3 is 2.45 bits per heavy atom. The van der Waals surface area contributed by atoms with Gasteiger partial charge in [-0.2, -0.15) is 0 Å². The predicted octanol–water partition coefficient (Wildman–Crippen LogP) is 4.21. The van der Waals surface area contributed by atoms with Gasteiger partial charge < -0.3 is 9.88 Å². The van der Waals surface area contributed by atoms with Crippen molar-refractivity contribution in [3.63, 3.8) is 0 Å². The highest BCUT2D eigenvalue weighted by molar-refractivity contribution is 5.94. The van der Waals surface area contributed by atoms with E-state index in [0.717, 1.165) is 29.4 Å². The molecule has 0 aliphatic heterocycles. The van der Waals surface area contributed by atoms with E-state index in [0.29, 0.717) is 17.8 Å². The van der Waals surface area contributed by atoms with Crippen molar-refractivity contribution in [1.82, 2.24) is 14.9 Å². The van der Waals surface area contributed by atoms with Gasteiger partial charge in [-0.05, 0) is 49.6 Å². The van der Waals surface area contributed by atoms with E-state index in [2.05, 4.69) is 10.3 Å². The van der Waals surface area contributed by atoms with E-state index >= 15 is 0 Å².